The molecule has 52 valence electrons. The maximum Gasteiger partial charge on any atom is 0.0553 e. The third-order valence-electron chi connectivity index (χ3n) is 1.15. The predicted molar refractivity (Wildman–Crippen MR) is 43.9 cm³/mol. The minimum Gasteiger partial charge on any atom is -0.118 e. The molecule has 0 nitrogen and oxygen atoms in total. The molecule has 0 bridgehead atoms. The lowest BCUT2D eigenvalue weighted by Crippen LogP contribution is -1.92. The van der Waals surface area contributed by atoms with Crippen LogP contribution in [0.15, 0.2) is 23.8 Å². The van der Waals surface area contributed by atoms with E-state index in [0.29, 0.717) is 0 Å². The Kier molecular flexibility index (Phi) is 4.51. The molecular formula is C8H13Cl. The second-order valence-corrected chi connectivity index (χ2v) is 2.56. The summed E-state index contributed by atoms with van der Waals surface area (Å²) in [5, 5.41) is 0.131. The molecule has 0 N–H and O–H groups in total. The first-order chi connectivity index (χ1) is 4.22. The Labute approximate surface area is 62.2 Å². The predicted octanol–water partition coefficient (Wildman–Crippen LogP) is 3.14. The van der Waals surface area contributed by atoms with Crippen LogP contribution >= 0.6 is 11.6 Å². The molecule has 1 heteroatoms. The van der Waals surface area contributed by atoms with E-state index in [-0.39, 0.29) is 5.38 Å². The van der Waals surface area contributed by atoms with Gasteiger partial charge in [0, 0.05) is 0 Å². The molecule has 0 aliphatic heterocycles. The lowest BCUT2D eigenvalue weighted by molar-refractivity contribution is 1.15. The van der Waals surface area contributed by atoms with Crippen LogP contribution in [0.1, 0.15) is 20.8 Å². The third kappa shape index (κ3) is 3.36. The summed E-state index contributed by atoms with van der Waals surface area (Å²) in [5.41, 5.74) is 1.18. The molecule has 0 spiro atoms. The fraction of sp³-hybridized carbons (Fsp3) is 0.500. The molecule has 0 amide bonds. The van der Waals surface area contributed by atoms with Crippen LogP contribution in [0.5, 0.6) is 0 Å². The van der Waals surface area contributed by atoms with Gasteiger partial charge in [-0.2, -0.15) is 0 Å². The Hall–Kier alpha value is -0.230. The maximum absolute atomic E-state index is 5.80. The van der Waals surface area contributed by atoms with Gasteiger partial charge in [0.2, 0.25) is 0 Å². The van der Waals surface area contributed by atoms with Crippen molar-refractivity contribution in [2.24, 2.45) is 0 Å². The van der Waals surface area contributed by atoms with E-state index in [1.165, 1.54) is 5.57 Å². The van der Waals surface area contributed by atoms with Gasteiger partial charge in [-0.1, -0.05) is 18.2 Å². The summed E-state index contributed by atoms with van der Waals surface area (Å²) in [6.45, 7) is 5.95. The summed E-state index contributed by atoms with van der Waals surface area (Å²) in [6.07, 6.45) is 6.05. The zero-order chi connectivity index (χ0) is 7.28. The van der Waals surface area contributed by atoms with Crippen molar-refractivity contribution in [1.82, 2.24) is 0 Å². The second kappa shape index (κ2) is 4.63. The highest BCUT2D eigenvalue weighted by molar-refractivity contribution is 6.22. The van der Waals surface area contributed by atoms with Gasteiger partial charge in [-0.15, -0.1) is 11.6 Å². The Morgan fingerprint density at radius 1 is 1.44 bits per heavy atom. The summed E-state index contributed by atoms with van der Waals surface area (Å²) in [7, 11) is 0. The average molecular weight is 145 g/mol. The number of hydrogen-bond acceptors (Lipinski definition) is 0. The molecule has 0 aromatic carbocycles. The first-order valence-corrected chi connectivity index (χ1v) is 3.59. The summed E-state index contributed by atoms with van der Waals surface area (Å²) in [6, 6.07) is 0. The highest BCUT2D eigenvalue weighted by atomic mass is 35.5. The van der Waals surface area contributed by atoms with Crippen LogP contribution in [0.3, 0.4) is 0 Å². The van der Waals surface area contributed by atoms with Crippen LogP contribution in [0, 0.1) is 0 Å². The van der Waals surface area contributed by atoms with E-state index in [4.69, 9.17) is 11.6 Å². The van der Waals surface area contributed by atoms with E-state index in [1.54, 1.807) is 0 Å². The van der Waals surface area contributed by atoms with Gasteiger partial charge in [-0.25, -0.2) is 0 Å². The van der Waals surface area contributed by atoms with E-state index in [9.17, 15) is 0 Å². The van der Waals surface area contributed by atoms with Gasteiger partial charge in [0.25, 0.3) is 0 Å². The molecule has 0 aliphatic carbocycles. The van der Waals surface area contributed by atoms with Crippen molar-refractivity contribution >= 4 is 11.6 Å². The molecule has 1 atom stereocenters. The molecule has 0 saturated heterocycles. The first-order valence-electron chi connectivity index (χ1n) is 3.15. The van der Waals surface area contributed by atoms with Gasteiger partial charge < -0.3 is 0 Å². The second-order valence-electron chi connectivity index (χ2n) is 1.90. The van der Waals surface area contributed by atoms with Gasteiger partial charge in [-0.3, -0.25) is 0 Å². The molecule has 1 unspecified atom stereocenters. The monoisotopic (exact) mass is 144 g/mol. The van der Waals surface area contributed by atoms with Gasteiger partial charge in [-0.05, 0) is 26.3 Å². The van der Waals surface area contributed by atoms with Crippen molar-refractivity contribution in [1.29, 1.82) is 0 Å². The van der Waals surface area contributed by atoms with Crippen molar-refractivity contribution in [3.05, 3.63) is 23.8 Å². The molecular weight excluding hydrogens is 132 g/mol. The van der Waals surface area contributed by atoms with Crippen LogP contribution in [-0.4, -0.2) is 5.38 Å². The molecule has 0 fully saturated rings. The van der Waals surface area contributed by atoms with Crippen molar-refractivity contribution in [3.63, 3.8) is 0 Å². The summed E-state index contributed by atoms with van der Waals surface area (Å²) < 4.78 is 0. The standard InChI is InChI=1S/C8H13Cl/c1-4-6-8(5-2)7(3)9/h4-7H,1-3H3/b6-4-,8-5+. The van der Waals surface area contributed by atoms with Crippen molar-refractivity contribution < 1.29 is 0 Å². The first kappa shape index (κ1) is 8.77. The summed E-state index contributed by atoms with van der Waals surface area (Å²) in [4.78, 5) is 0. The Morgan fingerprint density at radius 3 is 2.11 bits per heavy atom. The van der Waals surface area contributed by atoms with Gasteiger partial charge in [0.05, 0.1) is 5.38 Å². The lowest BCUT2D eigenvalue weighted by Gasteiger charge is -2.00. The van der Waals surface area contributed by atoms with Crippen LogP contribution in [0.4, 0.5) is 0 Å². The molecule has 0 rings (SSSR count). The van der Waals surface area contributed by atoms with E-state index in [2.05, 4.69) is 0 Å². The Bertz CT molecular complexity index is 121. The zero-order valence-corrected chi connectivity index (χ0v) is 6.94. The van der Waals surface area contributed by atoms with E-state index >= 15 is 0 Å². The van der Waals surface area contributed by atoms with Crippen LogP contribution < -0.4 is 0 Å². The number of hydrogen-bond donors (Lipinski definition) is 0. The average Bonchev–Trinajstić information content (AvgIpc) is 1.82. The highest BCUT2D eigenvalue weighted by Crippen LogP contribution is 2.09. The van der Waals surface area contributed by atoms with Crippen molar-refractivity contribution in [2.45, 2.75) is 26.1 Å². The topological polar surface area (TPSA) is 0 Å². The minimum absolute atomic E-state index is 0.131. The van der Waals surface area contributed by atoms with E-state index in [1.807, 2.05) is 39.0 Å². The van der Waals surface area contributed by atoms with Crippen LogP contribution in [-0.2, 0) is 0 Å². The van der Waals surface area contributed by atoms with Crippen LogP contribution in [0.2, 0.25) is 0 Å². The maximum atomic E-state index is 5.80. The fourth-order valence-electron chi connectivity index (χ4n) is 0.651. The third-order valence-corrected chi connectivity index (χ3v) is 1.40. The number of halogens is 1. The minimum atomic E-state index is 0.131. The quantitative estimate of drug-likeness (QED) is 0.413. The van der Waals surface area contributed by atoms with Crippen molar-refractivity contribution in [2.75, 3.05) is 0 Å². The number of rotatable bonds is 2. The molecule has 0 radical (unpaired) electrons. The van der Waals surface area contributed by atoms with Crippen LogP contribution in [0.25, 0.3) is 0 Å². The zero-order valence-electron chi connectivity index (χ0n) is 6.19. The number of alkyl halides is 1. The molecule has 0 aromatic rings. The highest BCUT2D eigenvalue weighted by Gasteiger charge is 1.96. The van der Waals surface area contributed by atoms with Crippen molar-refractivity contribution in [3.8, 4) is 0 Å². The van der Waals surface area contributed by atoms with Gasteiger partial charge >= 0.3 is 0 Å². The van der Waals surface area contributed by atoms with Gasteiger partial charge in [0.1, 0.15) is 0 Å². The summed E-state index contributed by atoms with van der Waals surface area (Å²) >= 11 is 5.80. The van der Waals surface area contributed by atoms with E-state index < -0.39 is 0 Å². The Morgan fingerprint density at radius 2 is 2.00 bits per heavy atom. The van der Waals surface area contributed by atoms with Gasteiger partial charge in [0.15, 0.2) is 0 Å². The SMILES string of the molecule is C/C=C\C(=C/C)C(C)Cl. The molecule has 0 aliphatic rings. The molecule has 0 heterocycles. The molecule has 9 heavy (non-hydrogen) atoms. The largest absolute Gasteiger partial charge is 0.118 e. The van der Waals surface area contributed by atoms with E-state index in [0.717, 1.165) is 0 Å². The number of allylic oxidation sites excluding steroid dienone is 4. The summed E-state index contributed by atoms with van der Waals surface area (Å²) in [5.74, 6) is 0. The normalized spacial score (nSPS) is 16.7. The Balaban J connectivity index is 4.01. The molecule has 0 aromatic heterocycles. The fourth-order valence-corrected chi connectivity index (χ4v) is 0.850. The molecule has 0 saturated carbocycles. The lowest BCUT2D eigenvalue weighted by atomic mass is 10.2. The smallest absolute Gasteiger partial charge is 0.0553 e.